The van der Waals surface area contributed by atoms with E-state index in [4.69, 9.17) is 4.74 Å². The molecule has 0 saturated carbocycles. The van der Waals surface area contributed by atoms with E-state index in [2.05, 4.69) is 10.6 Å². The fourth-order valence-corrected chi connectivity index (χ4v) is 2.37. The van der Waals surface area contributed by atoms with Crippen molar-refractivity contribution >= 4 is 17.7 Å². The van der Waals surface area contributed by atoms with Gasteiger partial charge in [0.05, 0.1) is 6.61 Å². The standard InChI is InChI=1S/C17H29N3O4/c1-24-14-12-18-10-4-5-11-19-15(21)7-3-2-6-13-20-16(22)8-9-17(20)23/h8-9,18H,2-7,10-14H2,1H3,(H,19,21). The molecule has 0 aromatic carbocycles. The summed E-state index contributed by atoms with van der Waals surface area (Å²) in [4.78, 5) is 35.6. The molecular formula is C17H29N3O4. The van der Waals surface area contributed by atoms with Gasteiger partial charge in [0, 0.05) is 45.3 Å². The molecule has 0 unspecified atom stereocenters. The summed E-state index contributed by atoms with van der Waals surface area (Å²) >= 11 is 0. The molecule has 7 nitrogen and oxygen atoms in total. The van der Waals surface area contributed by atoms with Crippen LogP contribution in [-0.4, -0.2) is 62.5 Å². The van der Waals surface area contributed by atoms with Crippen molar-refractivity contribution in [1.82, 2.24) is 15.5 Å². The number of ether oxygens (including phenoxy) is 1. The van der Waals surface area contributed by atoms with E-state index in [9.17, 15) is 14.4 Å². The normalized spacial score (nSPS) is 13.8. The van der Waals surface area contributed by atoms with Gasteiger partial charge in [0.25, 0.3) is 11.8 Å². The number of imide groups is 1. The van der Waals surface area contributed by atoms with Gasteiger partial charge in [0.1, 0.15) is 0 Å². The number of amides is 3. The van der Waals surface area contributed by atoms with Crippen molar-refractivity contribution in [2.75, 3.05) is 39.9 Å². The largest absolute Gasteiger partial charge is 0.383 e. The Morgan fingerprint density at radius 1 is 1.00 bits per heavy atom. The first kappa shape index (κ1) is 20.3. The number of carbonyl (C=O) groups excluding carboxylic acids is 3. The smallest absolute Gasteiger partial charge is 0.253 e. The molecule has 3 amide bonds. The highest BCUT2D eigenvalue weighted by molar-refractivity contribution is 6.12. The Balaban J connectivity index is 1.88. The average molecular weight is 339 g/mol. The van der Waals surface area contributed by atoms with Crippen molar-refractivity contribution in [2.24, 2.45) is 0 Å². The lowest BCUT2D eigenvalue weighted by molar-refractivity contribution is -0.136. The highest BCUT2D eigenvalue weighted by Gasteiger charge is 2.22. The Labute approximate surface area is 143 Å². The predicted octanol–water partition coefficient (Wildman–Crippen LogP) is 0.604. The summed E-state index contributed by atoms with van der Waals surface area (Å²) in [6.07, 6.45) is 7.40. The zero-order valence-electron chi connectivity index (χ0n) is 14.5. The number of unbranched alkanes of at least 4 members (excludes halogenated alkanes) is 3. The molecule has 0 aromatic rings. The van der Waals surface area contributed by atoms with E-state index in [1.54, 1.807) is 7.11 Å². The number of hydrogen-bond acceptors (Lipinski definition) is 5. The van der Waals surface area contributed by atoms with Crippen LogP contribution in [0, 0.1) is 0 Å². The third kappa shape index (κ3) is 8.79. The van der Waals surface area contributed by atoms with Crippen LogP contribution in [0.2, 0.25) is 0 Å². The van der Waals surface area contributed by atoms with E-state index in [-0.39, 0.29) is 17.7 Å². The van der Waals surface area contributed by atoms with Crippen molar-refractivity contribution < 1.29 is 19.1 Å². The van der Waals surface area contributed by atoms with E-state index in [0.717, 1.165) is 45.2 Å². The number of rotatable bonds is 14. The Kier molecular flexibility index (Phi) is 10.7. The molecule has 1 aliphatic rings. The molecule has 0 aliphatic carbocycles. The summed E-state index contributed by atoms with van der Waals surface area (Å²) in [6, 6.07) is 0. The van der Waals surface area contributed by atoms with Crippen molar-refractivity contribution in [2.45, 2.75) is 38.5 Å². The Bertz CT molecular complexity index is 420. The maximum atomic E-state index is 11.7. The third-order valence-corrected chi connectivity index (χ3v) is 3.77. The number of nitrogens with one attached hydrogen (secondary N) is 2. The summed E-state index contributed by atoms with van der Waals surface area (Å²) in [5.74, 6) is -0.416. The molecule has 24 heavy (non-hydrogen) atoms. The zero-order chi connectivity index (χ0) is 17.6. The second kappa shape index (κ2) is 12.7. The van der Waals surface area contributed by atoms with Gasteiger partial charge >= 0.3 is 0 Å². The fraction of sp³-hybridized carbons (Fsp3) is 0.706. The van der Waals surface area contributed by atoms with Gasteiger partial charge in [-0.15, -0.1) is 0 Å². The second-order valence-corrected chi connectivity index (χ2v) is 5.77. The van der Waals surface area contributed by atoms with Gasteiger partial charge < -0.3 is 15.4 Å². The zero-order valence-corrected chi connectivity index (χ0v) is 14.5. The van der Waals surface area contributed by atoms with Gasteiger partial charge in [-0.2, -0.15) is 0 Å². The van der Waals surface area contributed by atoms with Gasteiger partial charge in [-0.05, 0) is 32.2 Å². The van der Waals surface area contributed by atoms with Gasteiger partial charge in [0.15, 0.2) is 0 Å². The van der Waals surface area contributed by atoms with Gasteiger partial charge in [-0.3, -0.25) is 19.3 Å². The molecule has 136 valence electrons. The van der Waals surface area contributed by atoms with E-state index in [1.807, 2.05) is 0 Å². The van der Waals surface area contributed by atoms with Crippen LogP contribution in [0.3, 0.4) is 0 Å². The minimum Gasteiger partial charge on any atom is -0.383 e. The Hall–Kier alpha value is -1.73. The topological polar surface area (TPSA) is 87.7 Å². The van der Waals surface area contributed by atoms with Crippen LogP contribution in [0.15, 0.2) is 12.2 Å². The molecule has 0 atom stereocenters. The fourth-order valence-electron chi connectivity index (χ4n) is 2.37. The minimum absolute atomic E-state index is 0.0670. The second-order valence-electron chi connectivity index (χ2n) is 5.77. The highest BCUT2D eigenvalue weighted by atomic mass is 16.5. The number of carbonyl (C=O) groups is 3. The van der Waals surface area contributed by atoms with Crippen molar-refractivity contribution in [3.05, 3.63) is 12.2 Å². The lowest BCUT2D eigenvalue weighted by Gasteiger charge is -2.13. The molecule has 1 heterocycles. The minimum atomic E-state index is -0.241. The Morgan fingerprint density at radius 3 is 2.42 bits per heavy atom. The number of nitrogens with zero attached hydrogens (tertiary/aromatic N) is 1. The summed E-state index contributed by atoms with van der Waals surface area (Å²) in [7, 11) is 1.68. The molecule has 0 fully saturated rings. The molecule has 0 bridgehead atoms. The third-order valence-electron chi connectivity index (χ3n) is 3.77. The molecule has 0 spiro atoms. The average Bonchev–Trinajstić information content (AvgIpc) is 2.88. The summed E-state index contributed by atoms with van der Waals surface area (Å²) in [5.41, 5.74) is 0. The first-order valence-corrected chi connectivity index (χ1v) is 8.65. The van der Waals surface area contributed by atoms with Crippen LogP contribution in [0.5, 0.6) is 0 Å². The number of hydrogen-bond donors (Lipinski definition) is 2. The summed E-state index contributed by atoms with van der Waals surface area (Å²) in [5, 5.41) is 6.17. The van der Waals surface area contributed by atoms with Gasteiger partial charge in [0.2, 0.25) is 5.91 Å². The van der Waals surface area contributed by atoms with E-state index in [1.165, 1.54) is 17.1 Å². The maximum absolute atomic E-state index is 11.7. The van der Waals surface area contributed by atoms with E-state index in [0.29, 0.717) is 26.1 Å². The van der Waals surface area contributed by atoms with Gasteiger partial charge in [-0.25, -0.2) is 0 Å². The lowest BCUT2D eigenvalue weighted by atomic mass is 10.2. The summed E-state index contributed by atoms with van der Waals surface area (Å²) < 4.78 is 4.94. The van der Waals surface area contributed by atoms with Crippen molar-refractivity contribution in [1.29, 1.82) is 0 Å². The molecule has 1 aliphatic heterocycles. The quantitative estimate of drug-likeness (QED) is 0.357. The van der Waals surface area contributed by atoms with Gasteiger partial charge in [-0.1, -0.05) is 6.42 Å². The van der Waals surface area contributed by atoms with Crippen LogP contribution in [0.25, 0.3) is 0 Å². The van der Waals surface area contributed by atoms with Crippen LogP contribution >= 0.6 is 0 Å². The van der Waals surface area contributed by atoms with Crippen molar-refractivity contribution in [3.63, 3.8) is 0 Å². The SMILES string of the molecule is COCCNCCCCNC(=O)CCCCCN1C(=O)C=CC1=O. The molecule has 0 radical (unpaired) electrons. The molecule has 0 aromatic heterocycles. The molecule has 0 saturated heterocycles. The monoisotopic (exact) mass is 339 g/mol. The lowest BCUT2D eigenvalue weighted by Crippen LogP contribution is -2.30. The molecule has 1 rings (SSSR count). The first-order valence-electron chi connectivity index (χ1n) is 8.65. The molecule has 2 N–H and O–H groups in total. The molecule has 7 heteroatoms. The van der Waals surface area contributed by atoms with Crippen molar-refractivity contribution in [3.8, 4) is 0 Å². The highest BCUT2D eigenvalue weighted by Crippen LogP contribution is 2.07. The molecular weight excluding hydrogens is 310 g/mol. The number of methoxy groups -OCH3 is 1. The maximum Gasteiger partial charge on any atom is 0.253 e. The predicted molar refractivity (Wildman–Crippen MR) is 91.3 cm³/mol. The van der Waals surface area contributed by atoms with E-state index < -0.39 is 0 Å². The summed E-state index contributed by atoms with van der Waals surface area (Å²) in [6.45, 7) is 3.64. The first-order chi connectivity index (χ1) is 11.6. The Morgan fingerprint density at radius 2 is 1.71 bits per heavy atom. The van der Waals surface area contributed by atoms with E-state index >= 15 is 0 Å². The van der Waals surface area contributed by atoms with Crippen LogP contribution in [0.4, 0.5) is 0 Å². The van der Waals surface area contributed by atoms with Crippen LogP contribution in [-0.2, 0) is 19.1 Å². The van der Waals surface area contributed by atoms with Crippen LogP contribution < -0.4 is 10.6 Å². The van der Waals surface area contributed by atoms with Crippen LogP contribution in [0.1, 0.15) is 38.5 Å².